The average molecular weight is 422 g/mol. The van der Waals surface area contributed by atoms with Crippen LogP contribution in [0, 0.1) is 0 Å². The number of aliphatic carboxylic acids is 1. The van der Waals surface area contributed by atoms with E-state index in [1.54, 1.807) is 0 Å². The summed E-state index contributed by atoms with van der Waals surface area (Å²) in [4.78, 5) is 21.6. The minimum absolute atomic E-state index is 0.328. The van der Waals surface area contributed by atoms with Gasteiger partial charge in [-0.15, -0.1) is 0 Å². The molecule has 0 heterocycles. The molecule has 0 aliphatic heterocycles. The van der Waals surface area contributed by atoms with Crippen LogP contribution >= 0.6 is 0 Å². The fourth-order valence-electron chi connectivity index (χ4n) is 3.50. The molecule has 0 rings (SSSR count). The molecule has 2 N–H and O–H groups in total. The van der Waals surface area contributed by atoms with Crippen molar-refractivity contribution in [2.24, 2.45) is 0 Å². The molecule has 0 aromatic carbocycles. The lowest BCUT2D eigenvalue weighted by atomic mass is 10.1. The first-order valence-electron chi connectivity index (χ1n) is 12.5. The number of allylic oxidation sites excluding steroid dienone is 2. The first-order chi connectivity index (χ1) is 14.7. The molecule has 0 aliphatic rings. The number of carbonyl (C=O) groups excluding carboxylic acids is 1. The van der Waals surface area contributed by atoms with E-state index in [-0.39, 0.29) is 5.91 Å². The van der Waals surface area contributed by atoms with Crippen molar-refractivity contribution in [2.75, 3.05) is 6.54 Å². The molecular formula is C26H47NO3. The number of carboxylic acids is 1. The molecule has 174 valence electrons. The molecule has 1 amide bonds. The van der Waals surface area contributed by atoms with Crippen LogP contribution in [-0.4, -0.2) is 23.5 Å². The van der Waals surface area contributed by atoms with Crippen LogP contribution in [0.4, 0.5) is 0 Å². The minimum Gasteiger partial charge on any atom is -0.478 e. The van der Waals surface area contributed by atoms with Crippen molar-refractivity contribution in [3.8, 4) is 0 Å². The second kappa shape index (κ2) is 23.7. The molecule has 0 fully saturated rings. The van der Waals surface area contributed by atoms with Gasteiger partial charge in [0.15, 0.2) is 0 Å². The molecule has 4 heteroatoms. The number of carboxylic acid groups (broad SMARTS) is 1. The van der Waals surface area contributed by atoms with E-state index in [9.17, 15) is 9.59 Å². The molecule has 0 atom stereocenters. The first kappa shape index (κ1) is 28.4. The minimum atomic E-state index is -1.10. The Bertz CT molecular complexity index is 457. The molecule has 0 spiro atoms. The van der Waals surface area contributed by atoms with E-state index in [0.717, 1.165) is 25.0 Å². The molecule has 0 saturated heterocycles. The van der Waals surface area contributed by atoms with E-state index >= 15 is 0 Å². The van der Waals surface area contributed by atoms with Gasteiger partial charge in [0.2, 0.25) is 5.91 Å². The van der Waals surface area contributed by atoms with Crippen molar-refractivity contribution < 1.29 is 14.7 Å². The van der Waals surface area contributed by atoms with Gasteiger partial charge >= 0.3 is 5.97 Å². The average Bonchev–Trinajstić information content (AvgIpc) is 2.73. The van der Waals surface area contributed by atoms with Crippen molar-refractivity contribution in [3.63, 3.8) is 0 Å². The summed E-state index contributed by atoms with van der Waals surface area (Å²) in [6.45, 7) is 2.89. The van der Waals surface area contributed by atoms with Crippen molar-refractivity contribution in [1.82, 2.24) is 5.32 Å². The molecule has 0 radical (unpaired) electrons. The van der Waals surface area contributed by atoms with Crippen LogP contribution < -0.4 is 5.32 Å². The number of carbonyl (C=O) groups is 2. The third-order valence-electron chi connectivity index (χ3n) is 5.37. The highest BCUT2D eigenvalue weighted by Crippen LogP contribution is 2.12. The van der Waals surface area contributed by atoms with Gasteiger partial charge in [0.05, 0.1) is 0 Å². The van der Waals surface area contributed by atoms with Gasteiger partial charge in [0.1, 0.15) is 0 Å². The van der Waals surface area contributed by atoms with E-state index in [1.807, 2.05) is 0 Å². The van der Waals surface area contributed by atoms with Crippen molar-refractivity contribution in [3.05, 3.63) is 24.3 Å². The van der Waals surface area contributed by atoms with Gasteiger partial charge in [-0.05, 0) is 32.1 Å². The Kier molecular flexibility index (Phi) is 22.4. The summed E-state index contributed by atoms with van der Waals surface area (Å²) in [7, 11) is 0. The Labute approximate surface area is 185 Å². The highest BCUT2D eigenvalue weighted by molar-refractivity contribution is 5.93. The number of rotatable bonds is 22. The van der Waals surface area contributed by atoms with Gasteiger partial charge in [0.25, 0.3) is 0 Å². The Morgan fingerprint density at radius 3 is 1.53 bits per heavy atom. The zero-order valence-corrected chi connectivity index (χ0v) is 19.5. The summed E-state index contributed by atoms with van der Waals surface area (Å²) < 4.78 is 0. The first-order valence-corrected chi connectivity index (χ1v) is 12.5. The fourth-order valence-corrected chi connectivity index (χ4v) is 3.50. The van der Waals surface area contributed by atoms with Crippen molar-refractivity contribution in [1.29, 1.82) is 0 Å². The van der Waals surface area contributed by atoms with Gasteiger partial charge in [-0.25, -0.2) is 4.79 Å². The normalized spacial score (nSPS) is 11.5. The number of unbranched alkanes of at least 4 members (excludes halogenated alkanes) is 16. The summed E-state index contributed by atoms with van der Waals surface area (Å²) in [5.41, 5.74) is 0. The van der Waals surface area contributed by atoms with Gasteiger partial charge in [-0.3, -0.25) is 4.79 Å². The van der Waals surface area contributed by atoms with Crippen LogP contribution in [0.15, 0.2) is 24.3 Å². The lowest BCUT2D eigenvalue weighted by Crippen LogP contribution is -2.22. The van der Waals surface area contributed by atoms with Crippen LogP contribution in [0.5, 0.6) is 0 Å². The summed E-state index contributed by atoms with van der Waals surface area (Å²) >= 11 is 0. The van der Waals surface area contributed by atoms with Crippen molar-refractivity contribution >= 4 is 11.9 Å². The van der Waals surface area contributed by atoms with Gasteiger partial charge < -0.3 is 10.4 Å². The van der Waals surface area contributed by atoms with Gasteiger partial charge in [-0.1, -0.05) is 103 Å². The van der Waals surface area contributed by atoms with Crippen LogP contribution in [0.1, 0.15) is 122 Å². The third kappa shape index (κ3) is 24.5. The van der Waals surface area contributed by atoms with Crippen LogP contribution in [0.25, 0.3) is 0 Å². The van der Waals surface area contributed by atoms with Crippen LogP contribution in [0.3, 0.4) is 0 Å². The maximum Gasteiger partial charge on any atom is 0.328 e. The smallest absolute Gasteiger partial charge is 0.328 e. The lowest BCUT2D eigenvalue weighted by Gasteiger charge is -2.03. The maximum atomic E-state index is 11.3. The van der Waals surface area contributed by atoms with E-state index in [2.05, 4.69) is 24.4 Å². The fraction of sp³-hybridized carbons (Fsp3) is 0.769. The molecular weight excluding hydrogens is 374 g/mol. The van der Waals surface area contributed by atoms with Crippen LogP contribution in [0.2, 0.25) is 0 Å². The molecule has 0 bridgehead atoms. The third-order valence-corrected chi connectivity index (χ3v) is 5.37. The Morgan fingerprint density at radius 1 is 0.633 bits per heavy atom. The zero-order chi connectivity index (χ0) is 22.1. The monoisotopic (exact) mass is 421 g/mol. The van der Waals surface area contributed by atoms with Gasteiger partial charge in [0, 0.05) is 18.7 Å². The van der Waals surface area contributed by atoms with E-state index in [0.29, 0.717) is 6.54 Å². The van der Waals surface area contributed by atoms with E-state index in [4.69, 9.17) is 5.11 Å². The number of hydrogen-bond donors (Lipinski definition) is 2. The second-order valence-corrected chi connectivity index (χ2v) is 8.31. The quantitative estimate of drug-likeness (QED) is 0.109. The molecule has 30 heavy (non-hydrogen) atoms. The predicted octanol–water partition coefficient (Wildman–Crippen LogP) is 7.34. The summed E-state index contributed by atoms with van der Waals surface area (Å²) in [5, 5.41) is 11.1. The largest absolute Gasteiger partial charge is 0.478 e. The second-order valence-electron chi connectivity index (χ2n) is 8.31. The Balaban J connectivity index is 3.18. The standard InChI is InChI=1S/C26H47NO3/c1-2-3-4-5-6-7-8-9-10-11-12-13-14-15-16-17-18-19-20-21-24-27-25(28)22-23-26(29)30/h9-10,22-23H,2-8,11-21,24H2,1H3,(H,27,28)(H,29,30). The van der Waals surface area contributed by atoms with Crippen LogP contribution in [-0.2, 0) is 9.59 Å². The molecule has 4 nitrogen and oxygen atoms in total. The number of nitrogens with one attached hydrogen (secondary N) is 1. The number of hydrogen-bond acceptors (Lipinski definition) is 2. The van der Waals surface area contributed by atoms with Crippen molar-refractivity contribution in [2.45, 2.75) is 122 Å². The molecule has 0 aliphatic carbocycles. The molecule has 0 saturated carbocycles. The lowest BCUT2D eigenvalue weighted by molar-refractivity contribution is -0.131. The predicted molar refractivity (Wildman–Crippen MR) is 128 cm³/mol. The SMILES string of the molecule is CCCCCCCCC=CCCCCCCCCCCCCNC(=O)C=CC(=O)O. The Morgan fingerprint density at radius 2 is 1.07 bits per heavy atom. The summed E-state index contributed by atoms with van der Waals surface area (Å²) in [5.74, 6) is -1.42. The van der Waals surface area contributed by atoms with E-state index < -0.39 is 5.97 Å². The summed E-state index contributed by atoms with van der Waals surface area (Å²) in [6, 6.07) is 0. The number of amides is 1. The Hall–Kier alpha value is -1.58. The summed E-state index contributed by atoms with van der Waals surface area (Å²) in [6.07, 6.45) is 30.1. The van der Waals surface area contributed by atoms with E-state index in [1.165, 1.54) is 103 Å². The topological polar surface area (TPSA) is 66.4 Å². The van der Waals surface area contributed by atoms with Gasteiger partial charge in [-0.2, -0.15) is 0 Å². The highest BCUT2D eigenvalue weighted by atomic mass is 16.4. The molecule has 0 aromatic rings. The maximum absolute atomic E-state index is 11.3. The highest BCUT2D eigenvalue weighted by Gasteiger charge is 1.97. The molecule has 0 aromatic heterocycles. The zero-order valence-electron chi connectivity index (χ0n) is 19.5. The molecule has 0 unspecified atom stereocenters.